The fourth-order valence-corrected chi connectivity index (χ4v) is 6.84. The van der Waals surface area contributed by atoms with Crippen LogP contribution in [0.5, 0.6) is 0 Å². The average molecular weight is 610 g/mol. The van der Waals surface area contributed by atoms with E-state index in [0.29, 0.717) is 50.0 Å². The molecule has 1 atom stereocenters. The van der Waals surface area contributed by atoms with Crippen LogP contribution >= 0.6 is 23.1 Å². The molecule has 0 bridgehead atoms. The average Bonchev–Trinajstić information content (AvgIpc) is 3.44. The zero-order valence-electron chi connectivity index (χ0n) is 23.0. The molecule has 4 aromatic heterocycles. The lowest BCUT2D eigenvalue weighted by Gasteiger charge is -2.42. The molecule has 4 aromatic rings. The third-order valence-electron chi connectivity index (χ3n) is 7.29. The van der Waals surface area contributed by atoms with Gasteiger partial charge in [-0.15, -0.1) is 0 Å². The Bertz CT molecular complexity index is 1500. The molecule has 1 unspecified atom stereocenters. The Kier molecular flexibility index (Phi) is 9.75. The summed E-state index contributed by atoms with van der Waals surface area (Å²) in [6.45, 7) is 3.73. The van der Waals surface area contributed by atoms with Gasteiger partial charge in [0.25, 0.3) is 5.91 Å². The minimum absolute atomic E-state index is 0.264. The standard InChI is InChI=1S/C29H32FN7O3S2/c1-19-2-10-32-23(14-19)36-28-34-15-24(42-28)41-22-5-11-33-26(25(22)30)27(40)35-18-29(20-3-8-31-9-4-20)6-12-37(13-7-29)16-21(39)17-38/h2-5,8-11,14-15,21,38-39H,6-7,12-13,16-18H2,1H3,(H,35,40)(H,32,34,36). The number of hydrogen-bond donors (Lipinski definition) is 4. The van der Waals surface area contributed by atoms with Crippen molar-refractivity contribution in [3.8, 4) is 0 Å². The summed E-state index contributed by atoms with van der Waals surface area (Å²) in [5, 5.41) is 25.8. The normalized spacial score (nSPS) is 15.7. The number of aliphatic hydroxyl groups excluding tert-OH is 2. The van der Waals surface area contributed by atoms with Gasteiger partial charge in [0.1, 0.15) is 5.82 Å². The zero-order valence-corrected chi connectivity index (χ0v) is 24.7. The number of likely N-dealkylation sites (tertiary alicyclic amines) is 1. The molecule has 1 amide bonds. The fourth-order valence-electron chi connectivity index (χ4n) is 4.98. The van der Waals surface area contributed by atoms with Gasteiger partial charge in [0, 0.05) is 43.3 Å². The van der Waals surface area contributed by atoms with E-state index in [9.17, 15) is 15.0 Å². The molecule has 0 spiro atoms. The Morgan fingerprint density at radius 1 is 1.14 bits per heavy atom. The molecule has 42 heavy (non-hydrogen) atoms. The van der Waals surface area contributed by atoms with E-state index in [1.54, 1.807) is 30.9 Å². The van der Waals surface area contributed by atoms with E-state index in [1.807, 2.05) is 31.2 Å². The second-order valence-corrected chi connectivity index (χ2v) is 12.6. The lowest BCUT2D eigenvalue weighted by Crippen LogP contribution is -2.50. The van der Waals surface area contributed by atoms with Crippen LogP contribution in [0.15, 0.2) is 70.4 Å². The highest BCUT2D eigenvalue weighted by atomic mass is 32.2. The van der Waals surface area contributed by atoms with Gasteiger partial charge in [-0.3, -0.25) is 9.78 Å². The summed E-state index contributed by atoms with van der Waals surface area (Å²) in [6, 6.07) is 9.23. The summed E-state index contributed by atoms with van der Waals surface area (Å²) in [5.41, 5.74) is 1.45. The van der Waals surface area contributed by atoms with Crippen LogP contribution in [0.2, 0.25) is 0 Å². The van der Waals surface area contributed by atoms with Gasteiger partial charge in [-0.25, -0.2) is 19.3 Å². The van der Waals surface area contributed by atoms with Crippen molar-refractivity contribution in [2.45, 2.75) is 40.4 Å². The Morgan fingerprint density at radius 2 is 1.90 bits per heavy atom. The van der Waals surface area contributed by atoms with E-state index in [-0.39, 0.29) is 22.6 Å². The zero-order chi connectivity index (χ0) is 29.5. The van der Waals surface area contributed by atoms with Gasteiger partial charge in [-0.2, -0.15) is 0 Å². The van der Waals surface area contributed by atoms with Crippen molar-refractivity contribution < 1.29 is 19.4 Å². The minimum atomic E-state index is -0.796. The van der Waals surface area contributed by atoms with E-state index in [1.165, 1.54) is 29.3 Å². The Labute approximate surface area is 251 Å². The van der Waals surface area contributed by atoms with Crippen molar-refractivity contribution in [1.29, 1.82) is 0 Å². The number of aromatic nitrogens is 4. The molecule has 1 fully saturated rings. The number of anilines is 2. The number of pyridine rings is 3. The molecule has 0 aromatic carbocycles. The maximum atomic E-state index is 15.6. The second-order valence-electron chi connectivity index (χ2n) is 10.2. The first kappa shape index (κ1) is 30.0. The number of halogens is 1. The summed E-state index contributed by atoms with van der Waals surface area (Å²) in [4.78, 5) is 32.4. The molecular formula is C29H32FN7O3S2. The second kappa shape index (κ2) is 13.7. The van der Waals surface area contributed by atoms with Crippen LogP contribution in [-0.2, 0) is 5.41 Å². The number of aryl methyl sites for hydroxylation is 1. The van der Waals surface area contributed by atoms with Crippen LogP contribution in [0.25, 0.3) is 0 Å². The Hall–Kier alpha value is -3.49. The number of nitrogens with one attached hydrogen (secondary N) is 2. The minimum Gasteiger partial charge on any atom is -0.394 e. The first-order valence-electron chi connectivity index (χ1n) is 13.5. The number of nitrogens with zero attached hydrogens (tertiary/aromatic N) is 5. The molecule has 10 nitrogen and oxygen atoms in total. The first-order chi connectivity index (χ1) is 20.3. The molecule has 0 aliphatic carbocycles. The third kappa shape index (κ3) is 7.28. The monoisotopic (exact) mass is 609 g/mol. The number of rotatable bonds is 11. The maximum absolute atomic E-state index is 15.6. The van der Waals surface area contributed by atoms with E-state index in [2.05, 4.69) is 35.5 Å². The highest BCUT2D eigenvalue weighted by molar-refractivity contribution is 8.01. The number of piperidine rings is 1. The first-order valence-corrected chi connectivity index (χ1v) is 15.2. The molecule has 0 radical (unpaired) electrons. The van der Waals surface area contributed by atoms with Crippen LogP contribution < -0.4 is 10.6 Å². The molecule has 0 saturated carbocycles. The van der Waals surface area contributed by atoms with Gasteiger partial charge in [0.15, 0.2) is 16.6 Å². The lowest BCUT2D eigenvalue weighted by atomic mass is 9.73. The number of hydrogen-bond acceptors (Lipinski definition) is 11. The third-order valence-corrected chi connectivity index (χ3v) is 9.34. The summed E-state index contributed by atoms with van der Waals surface area (Å²) in [7, 11) is 0. The van der Waals surface area contributed by atoms with Crippen LogP contribution in [0, 0.1) is 12.7 Å². The van der Waals surface area contributed by atoms with Crippen LogP contribution in [-0.4, -0.2) is 79.8 Å². The number of aliphatic hydroxyl groups is 2. The SMILES string of the molecule is Cc1ccnc(Nc2ncc(Sc3ccnc(C(=O)NCC4(c5ccncc5)CCN(CC(O)CO)CC4)c3F)s2)c1. The number of amides is 1. The fraction of sp³-hybridized carbons (Fsp3) is 0.345. The molecule has 1 saturated heterocycles. The van der Waals surface area contributed by atoms with Crippen molar-refractivity contribution in [3.05, 3.63) is 84.0 Å². The number of thiazole rings is 1. The predicted octanol–water partition coefficient (Wildman–Crippen LogP) is 3.79. The molecule has 5 rings (SSSR count). The van der Waals surface area contributed by atoms with Gasteiger partial charge in [0.2, 0.25) is 0 Å². The number of carbonyl (C=O) groups is 1. The molecule has 1 aliphatic rings. The van der Waals surface area contributed by atoms with Crippen molar-refractivity contribution in [3.63, 3.8) is 0 Å². The molecule has 4 N–H and O–H groups in total. The van der Waals surface area contributed by atoms with E-state index in [0.717, 1.165) is 15.3 Å². The molecule has 13 heteroatoms. The summed E-state index contributed by atoms with van der Waals surface area (Å²) in [5.74, 6) is -0.597. The molecule has 220 valence electrons. The van der Waals surface area contributed by atoms with Crippen LogP contribution in [0.1, 0.15) is 34.5 Å². The van der Waals surface area contributed by atoms with E-state index < -0.39 is 17.8 Å². The quantitative estimate of drug-likeness (QED) is 0.199. The molecular weight excluding hydrogens is 577 g/mol. The summed E-state index contributed by atoms with van der Waals surface area (Å²) < 4.78 is 16.3. The maximum Gasteiger partial charge on any atom is 0.273 e. The Balaban J connectivity index is 1.26. The smallest absolute Gasteiger partial charge is 0.273 e. The number of carbonyl (C=O) groups excluding carboxylic acids is 1. The highest BCUT2D eigenvalue weighted by Gasteiger charge is 2.37. The molecule has 5 heterocycles. The van der Waals surface area contributed by atoms with Gasteiger partial charge in [0.05, 0.1) is 28.0 Å². The summed E-state index contributed by atoms with van der Waals surface area (Å²) >= 11 is 2.54. The van der Waals surface area contributed by atoms with Gasteiger partial charge in [-0.05, 0) is 74.3 Å². The topological polar surface area (TPSA) is 136 Å². The van der Waals surface area contributed by atoms with Gasteiger partial charge in [-0.1, -0.05) is 23.1 Å². The lowest BCUT2D eigenvalue weighted by molar-refractivity contribution is 0.0430. The number of β-amino-alcohol motifs (C(OH)–C–C–N with tert-alkyl or cyclic N) is 1. The highest BCUT2D eigenvalue weighted by Crippen LogP contribution is 2.37. The van der Waals surface area contributed by atoms with Gasteiger partial charge < -0.3 is 25.7 Å². The molecule has 1 aliphatic heterocycles. The Morgan fingerprint density at radius 3 is 2.64 bits per heavy atom. The predicted molar refractivity (Wildman–Crippen MR) is 160 cm³/mol. The van der Waals surface area contributed by atoms with Crippen molar-refractivity contribution in [1.82, 2.24) is 30.2 Å². The van der Waals surface area contributed by atoms with Crippen molar-refractivity contribution >= 4 is 40.0 Å². The van der Waals surface area contributed by atoms with Gasteiger partial charge >= 0.3 is 0 Å². The van der Waals surface area contributed by atoms with Crippen molar-refractivity contribution in [2.75, 3.05) is 38.1 Å². The largest absolute Gasteiger partial charge is 0.394 e. The summed E-state index contributed by atoms with van der Waals surface area (Å²) in [6.07, 6.45) is 8.86. The van der Waals surface area contributed by atoms with E-state index >= 15 is 4.39 Å². The van der Waals surface area contributed by atoms with Crippen LogP contribution in [0.4, 0.5) is 15.3 Å². The van der Waals surface area contributed by atoms with Crippen LogP contribution in [0.3, 0.4) is 0 Å². The van der Waals surface area contributed by atoms with E-state index in [4.69, 9.17) is 0 Å². The van der Waals surface area contributed by atoms with Crippen molar-refractivity contribution in [2.24, 2.45) is 0 Å².